The summed E-state index contributed by atoms with van der Waals surface area (Å²) in [7, 11) is -1.80. The van der Waals surface area contributed by atoms with Gasteiger partial charge in [-0.15, -0.1) is 0 Å². The van der Waals surface area contributed by atoms with E-state index in [0.29, 0.717) is 18.1 Å². The summed E-state index contributed by atoms with van der Waals surface area (Å²) in [5.74, 6) is 0.229. The van der Waals surface area contributed by atoms with Gasteiger partial charge in [-0.05, 0) is 45.7 Å². The van der Waals surface area contributed by atoms with Gasteiger partial charge in [-0.25, -0.2) is 13.1 Å². The van der Waals surface area contributed by atoms with E-state index < -0.39 is 10.0 Å². The van der Waals surface area contributed by atoms with E-state index >= 15 is 0 Å². The van der Waals surface area contributed by atoms with Crippen LogP contribution in [-0.4, -0.2) is 45.5 Å². The predicted molar refractivity (Wildman–Crippen MR) is 113 cm³/mol. The van der Waals surface area contributed by atoms with Crippen molar-refractivity contribution in [3.8, 4) is 0 Å². The molecular weight excluding hydrogens is 378 g/mol. The van der Waals surface area contributed by atoms with E-state index in [4.69, 9.17) is 0 Å². The number of amides is 1. The van der Waals surface area contributed by atoms with Crippen molar-refractivity contribution in [3.05, 3.63) is 35.4 Å². The van der Waals surface area contributed by atoms with Crippen LogP contribution in [0.5, 0.6) is 0 Å². The van der Waals surface area contributed by atoms with Crippen LogP contribution in [0.2, 0.25) is 0 Å². The number of benzene rings is 1. The highest BCUT2D eigenvalue weighted by Crippen LogP contribution is 2.12. The number of sulfonamides is 1. The minimum absolute atomic E-state index is 0.0886. The molecule has 9 heteroatoms. The second kappa shape index (κ2) is 10.4. The molecule has 28 heavy (non-hydrogen) atoms. The van der Waals surface area contributed by atoms with Crippen molar-refractivity contribution in [2.24, 2.45) is 4.99 Å². The molecule has 0 heterocycles. The SMILES string of the molecule is CN=C(NCC(=O)NC(C)(C)C)NCc1ccccc1CS(=O)(=O)NC(C)C. The first kappa shape index (κ1) is 23.9. The highest BCUT2D eigenvalue weighted by atomic mass is 32.2. The third-order valence-corrected chi connectivity index (χ3v) is 5.00. The molecule has 0 radical (unpaired) electrons. The molecule has 0 unspecified atom stereocenters. The Morgan fingerprint density at radius 1 is 1.11 bits per heavy atom. The molecule has 1 aromatic carbocycles. The summed E-state index contributed by atoms with van der Waals surface area (Å²) in [5.41, 5.74) is 1.26. The monoisotopic (exact) mass is 411 g/mol. The lowest BCUT2D eigenvalue weighted by atomic mass is 10.1. The lowest BCUT2D eigenvalue weighted by molar-refractivity contribution is -0.121. The van der Waals surface area contributed by atoms with Crippen molar-refractivity contribution in [2.75, 3.05) is 13.6 Å². The highest BCUT2D eigenvalue weighted by Gasteiger charge is 2.16. The average molecular weight is 412 g/mol. The van der Waals surface area contributed by atoms with E-state index in [1.165, 1.54) is 0 Å². The lowest BCUT2D eigenvalue weighted by Crippen LogP contribution is -2.48. The first-order valence-electron chi connectivity index (χ1n) is 9.24. The fraction of sp³-hybridized carbons (Fsp3) is 0.579. The Balaban J connectivity index is 2.70. The zero-order valence-electron chi connectivity index (χ0n) is 17.6. The van der Waals surface area contributed by atoms with Crippen molar-refractivity contribution >= 4 is 21.9 Å². The Hall–Kier alpha value is -2.13. The molecule has 0 aliphatic heterocycles. The van der Waals surface area contributed by atoms with Gasteiger partial charge in [0.25, 0.3) is 0 Å². The summed E-state index contributed by atoms with van der Waals surface area (Å²) in [5, 5.41) is 8.93. The Bertz CT molecular complexity index is 783. The van der Waals surface area contributed by atoms with Gasteiger partial charge in [0.15, 0.2) is 5.96 Å². The summed E-state index contributed by atoms with van der Waals surface area (Å²) in [6.07, 6.45) is 0. The third kappa shape index (κ3) is 9.70. The molecule has 8 nitrogen and oxygen atoms in total. The van der Waals surface area contributed by atoms with Crippen LogP contribution in [0.25, 0.3) is 0 Å². The summed E-state index contributed by atoms with van der Waals surface area (Å²) < 4.78 is 27.1. The Morgan fingerprint density at radius 3 is 2.25 bits per heavy atom. The molecule has 0 fully saturated rings. The maximum Gasteiger partial charge on any atom is 0.239 e. The van der Waals surface area contributed by atoms with Gasteiger partial charge in [0.2, 0.25) is 15.9 Å². The molecule has 0 saturated heterocycles. The quantitative estimate of drug-likeness (QED) is 0.378. The largest absolute Gasteiger partial charge is 0.352 e. The van der Waals surface area contributed by atoms with Gasteiger partial charge in [-0.3, -0.25) is 9.79 Å². The highest BCUT2D eigenvalue weighted by molar-refractivity contribution is 7.88. The molecule has 0 spiro atoms. The Morgan fingerprint density at radius 2 is 1.71 bits per heavy atom. The summed E-state index contributed by atoms with van der Waals surface area (Å²) in [4.78, 5) is 16.0. The standard InChI is InChI=1S/C19H33N5O3S/c1-14(2)24-28(26,27)13-16-10-8-7-9-15(16)11-21-18(20-6)22-12-17(25)23-19(3,4)5/h7-10,14,24H,11-13H2,1-6H3,(H,23,25)(H2,20,21,22). The van der Waals surface area contributed by atoms with Gasteiger partial charge in [0.05, 0.1) is 12.3 Å². The summed E-state index contributed by atoms with van der Waals surface area (Å²) >= 11 is 0. The number of rotatable bonds is 8. The number of hydrogen-bond acceptors (Lipinski definition) is 4. The summed E-state index contributed by atoms with van der Waals surface area (Å²) in [6.45, 7) is 9.79. The van der Waals surface area contributed by atoms with E-state index in [0.717, 1.165) is 5.56 Å². The maximum absolute atomic E-state index is 12.2. The number of nitrogens with zero attached hydrogens (tertiary/aromatic N) is 1. The lowest BCUT2D eigenvalue weighted by Gasteiger charge is -2.21. The van der Waals surface area contributed by atoms with Gasteiger partial charge < -0.3 is 16.0 Å². The molecule has 0 aliphatic carbocycles. The molecule has 4 N–H and O–H groups in total. The molecule has 1 rings (SSSR count). The molecule has 1 aromatic rings. The second-order valence-electron chi connectivity index (χ2n) is 7.88. The van der Waals surface area contributed by atoms with Gasteiger partial charge in [-0.1, -0.05) is 24.3 Å². The third-order valence-electron chi connectivity index (χ3n) is 3.48. The minimum atomic E-state index is -3.42. The maximum atomic E-state index is 12.2. The number of guanidine groups is 1. The minimum Gasteiger partial charge on any atom is -0.352 e. The molecule has 158 valence electrons. The Labute approximate surface area is 168 Å². The van der Waals surface area contributed by atoms with Crippen LogP contribution in [0.4, 0.5) is 0 Å². The average Bonchev–Trinajstić information content (AvgIpc) is 2.53. The molecular formula is C19H33N5O3S. The molecule has 0 saturated carbocycles. The van der Waals surface area contributed by atoms with Crippen LogP contribution in [-0.2, 0) is 27.1 Å². The molecule has 0 atom stereocenters. The van der Waals surface area contributed by atoms with Crippen LogP contribution >= 0.6 is 0 Å². The van der Waals surface area contributed by atoms with Crippen molar-refractivity contribution < 1.29 is 13.2 Å². The fourth-order valence-corrected chi connectivity index (χ4v) is 3.99. The molecule has 0 aliphatic rings. The van der Waals surface area contributed by atoms with E-state index in [-0.39, 0.29) is 29.8 Å². The van der Waals surface area contributed by atoms with Crippen LogP contribution in [0.3, 0.4) is 0 Å². The van der Waals surface area contributed by atoms with Crippen molar-refractivity contribution in [1.82, 2.24) is 20.7 Å². The van der Waals surface area contributed by atoms with Crippen LogP contribution in [0, 0.1) is 0 Å². The first-order chi connectivity index (χ1) is 12.9. The van der Waals surface area contributed by atoms with Gasteiger partial charge >= 0.3 is 0 Å². The van der Waals surface area contributed by atoms with E-state index in [9.17, 15) is 13.2 Å². The smallest absolute Gasteiger partial charge is 0.239 e. The number of aliphatic imine (C=N–C) groups is 1. The first-order valence-corrected chi connectivity index (χ1v) is 10.9. The zero-order valence-corrected chi connectivity index (χ0v) is 18.4. The topological polar surface area (TPSA) is 112 Å². The summed E-state index contributed by atoms with van der Waals surface area (Å²) in [6, 6.07) is 7.18. The number of carbonyl (C=O) groups excluding carboxylic acids is 1. The van der Waals surface area contributed by atoms with E-state index in [2.05, 4.69) is 25.7 Å². The number of nitrogens with one attached hydrogen (secondary N) is 4. The Kier molecular flexibility index (Phi) is 8.90. The van der Waals surface area contributed by atoms with Crippen LogP contribution in [0.1, 0.15) is 45.7 Å². The second-order valence-corrected chi connectivity index (χ2v) is 9.63. The predicted octanol–water partition coefficient (Wildman–Crippen LogP) is 1.09. The normalized spacial score (nSPS) is 12.8. The van der Waals surface area contributed by atoms with Gasteiger partial charge in [-0.2, -0.15) is 0 Å². The zero-order chi connectivity index (χ0) is 21.4. The number of hydrogen-bond donors (Lipinski definition) is 4. The van der Waals surface area contributed by atoms with Crippen molar-refractivity contribution in [1.29, 1.82) is 0 Å². The van der Waals surface area contributed by atoms with E-state index in [1.807, 2.05) is 39.0 Å². The number of carbonyl (C=O) groups is 1. The van der Waals surface area contributed by atoms with Gasteiger partial charge in [0.1, 0.15) is 0 Å². The van der Waals surface area contributed by atoms with Crippen LogP contribution < -0.4 is 20.7 Å². The molecule has 0 aromatic heterocycles. The molecule has 0 bridgehead atoms. The fourth-order valence-electron chi connectivity index (χ4n) is 2.50. The van der Waals surface area contributed by atoms with Crippen LogP contribution in [0.15, 0.2) is 29.3 Å². The van der Waals surface area contributed by atoms with E-state index in [1.54, 1.807) is 27.0 Å². The van der Waals surface area contributed by atoms with Crippen molar-refractivity contribution in [2.45, 2.75) is 58.5 Å². The van der Waals surface area contributed by atoms with Gasteiger partial charge in [0, 0.05) is 25.2 Å². The molecule has 1 amide bonds. The van der Waals surface area contributed by atoms with Crippen molar-refractivity contribution in [3.63, 3.8) is 0 Å².